The highest BCUT2D eigenvalue weighted by Crippen LogP contribution is 2.38. The first-order valence-electron chi connectivity index (χ1n) is 10.7. The van der Waals surface area contributed by atoms with Crippen molar-refractivity contribution in [2.24, 2.45) is 0 Å². The van der Waals surface area contributed by atoms with Gasteiger partial charge in [-0.15, -0.1) is 0 Å². The van der Waals surface area contributed by atoms with Crippen molar-refractivity contribution in [3.8, 4) is 0 Å². The number of carboxylic acid groups (broad SMARTS) is 1. The quantitative estimate of drug-likeness (QED) is 0.417. The van der Waals surface area contributed by atoms with Crippen LogP contribution in [-0.4, -0.2) is 60.7 Å². The van der Waals surface area contributed by atoms with Crippen LogP contribution in [0.25, 0.3) is 0 Å². The summed E-state index contributed by atoms with van der Waals surface area (Å²) in [6.45, 7) is 5.59. The van der Waals surface area contributed by atoms with E-state index in [1.54, 1.807) is 42.5 Å². The van der Waals surface area contributed by atoms with Crippen LogP contribution in [0.5, 0.6) is 0 Å². The molecule has 1 unspecified atom stereocenters. The van der Waals surface area contributed by atoms with Gasteiger partial charge in [-0.3, -0.25) is 4.79 Å². The van der Waals surface area contributed by atoms with E-state index >= 15 is 0 Å². The van der Waals surface area contributed by atoms with Gasteiger partial charge >= 0.3 is 6.09 Å². The molecule has 11 heteroatoms. The lowest BCUT2D eigenvalue weighted by molar-refractivity contribution is -0.913. The third kappa shape index (κ3) is 5.38. The summed E-state index contributed by atoms with van der Waals surface area (Å²) in [4.78, 5) is 25.3. The van der Waals surface area contributed by atoms with Crippen LogP contribution in [0, 0.1) is 0 Å². The van der Waals surface area contributed by atoms with Gasteiger partial charge in [0.1, 0.15) is 18.1 Å². The van der Waals surface area contributed by atoms with Gasteiger partial charge in [-0.25, -0.2) is 17.6 Å². The highest BCUT2D eigenvalue weighted by Gasteiger charge is 2.59. The molecule has 2 amide bonds. The van der Waals surface area contributed by atoms with Crippen LogP contribution in [0.2, 0.25) is 0 Å². The number of nitrogens with one attached hydrogen (secondary N) is 2. The summed E-state index contributed by atoms with van der Waals surface area (Å²) >= 11 is 6.58. The molecule has 0 spiro atoms. The van der Waals surface area contributed by atoms with Crippen LogP contribution in [-0.2, 0) is 10.0 Å². The van der Waals surface area contributed by atoms with Crippen LogP contribution in [0.3, 0.4) is 0 Å². The molecule has 1 aliphatic heterocycles. The second-order valence-electron chi connectivity index (χ2n) is 9.36. The Morgan fingerprint density at radius 2 is 1.76 bits per heavy atom. The van der Waals surface area contributed by atoms with Crippen molar-refractivity contribution in [2.45, 2.75) is 49.7 Å². The zero-order chi connectivity index (χ0) is 25.3. The van der Waals surface area contributed by atoms with Crippen LogP contribution >= 0.6 is 31.9 Å². The predicted molar refractivity (Wildman–Crippen MR) is 136 cm³/mol. The van der Waals surface area contributed by atoms with E-state index in [1.807, 2.05) is 20.8 Å². The minimum atomic E-state index is -3.93. The molecule has 3 N–H and O–H groups in total. The maximum atomic E-state index is 13.2. The molecule has 0 aromatic heterocycles. The summed E-state index contributed by atoms with van der Waals surface area (Å²) in [7, 11) is -3.93. The Balaban J connectivity index is 1.88. The molecule has 34 heavy (non-hydrogen) atoms. The maximum absolute atomic E-state index is 13.2. The van der Waals surface area contributed by atoms with Gasteiger partial charge in [0.25, 0.3) is 5.91 Å². The molecule has 2 aromatic carbocycles. The molecule has 8 nitrogen and oxygen atoms in total. The Labute approximate surface area is 216 Å². The molecular weight excluding hydrogens is 590 g/mol. The number of rotatable bonds is 6. The first-order valence-corrected chi connectivity index (χ1v) is 13.8. The number of halogens is 2. The fourth-order valence-corrected chi connectivity index (χ4v) is 7.36. The number of sulfonamides is 1. The van der Waals surface area contributed by atoms with E-state index in [-0.39, 0.29) is 34.8 Å². The molecule has 0 aliphatic carbocycles. The molecular formula is C23H28Br2N3O5S+. The number of likely N-dealkylation sites (tertiary alicyclic amines) is 1. The zero-order valence-corrected chi connectivity index (χ0v) is 23.1. The zero-order valence-electron chi connectivity index (χ0n) is 19.1. The Kier molecular flexibility index (Phi) is 7.93. The summed E-state index contributed by atoms with van der Waals surface area (Å²) < 4.78 is 29.7. The van der Waals surface area contributed by atoms with Gasteiger partial charge in [0.2, 0.25) is 10.0 Å². The van der Waals surface area contributed by atoms with Crippen LogP contribution < -0.4 is 10.0 Å². The molecule has 0 bridgehead atoms. The third-order valence-electron chi connectivity index (χ3n) is 6.27. The van der Waals surface area contributed by atoms with Crippen LogP contribution in [0.4, 0.5) is 4.79 Å². The minimum absolute atomic E-state index is 0.0512. The first kappa shape index (κ1) is 26.8. The number of nitrogens with zero attached hydrogens (tertiary/aromatic N) is 1. The van der Waals surface area contributed by atoms with Crippen LogP contribution in [0.15, 0.2) is 62.4 Å². The Hall–Kier alpha value is -1.79. The van der Waals surface area contributed by atoms with Crippen molar-refractivity contribution in [1.29, 1.82) is 0 Å². The molecule has 1 saturated heterocycles. The Morgan fingerprint density at radius 3 is 2.35 bits per heavy atom. The van der Waals surface area contributed by atoms with Crippen molar-refractivity contribution >= 4 is 53.9 Å². The lowest BCUT2D eigenvalue weighted by Crippen LogP contribution is -2.68. The topological polar surface area (TPSA) is 113 Å². The van der Waals surface area contributed by atoms with Crippen molar-refractivity contribution in [1.82, 2.24) is 10.0 Å². The summed E-state index contributed by atoms with van der Waals surface area (Å²) in [6, 6.07) is 12.3. The maximum Gasteiger partial charge on any atom is 0.514 e. The molecule has 2 aromatic rings. The summed E-state index contributed by atoms with van der Waals surface area (Å²) in [6.07, 6.45) is -0.805. The molecule has 0 saturated carbocycles. The Morgan fingerprint density at radius 1 is 1.12 bits per heavy atom. The van der Waals surface area contributed by atoms with Crippen molar-refractivity contribution in [3.63, 3.8) is 0 Å². The van der Waals surface area contributed by atoms with Gasteiger partial charge in [-0.2, -0.15) is 4.79 Å². The average molecular weight is 618 g/mol. The van der Waals surface area contributed by atoms with Crippen LogP contribution in [0.1, 0.15) is 37.6 Å². The number of hydrogen-bond donors (Lipinski definition) is 3. The second-order valence-corrected chi connectivity index (χ2v) is 12.8. The molecule has 3 rings (SSSR count). The van der Waals surface area contributed by atoms with E-state index < -0.39 is 33.7 Å². The molecule has 1 aliphatic rings. The van der Waals surface area contributed by atoms with Gasteiger partial charge < -0.3 is 10.4 Å². The number of carbonyl (C=O) groups is 2. The van der Waals surface area contributed by atoms with E-state index in [4.69, 9.17) is 0 Å². The monoisotopic (exact) mass is 616 g/mol. The molecule has 1 fully saturated rings. The van der Waals surface area contributed by atoms with E-state index in [2.05, 4.69) is 41.9 Å². The fraction of sp³-hybridized carbons (Fsp3) is 0.391. The Bertz CT molecular complexity index is 1180. The third-order valence-corrected chi connectivity index (χ3v) is 9.27. The van der Waals surface area contributed by atoms with E-state index in [9.17, 15) is 23.1 Å². The van der Waals surface area contributed by atoms with Crippen molar-refractivity contribution < 1.29 is 27.6 Å². The average Bonchev–Trinajstić information content (AvgIpc) is 3.13. The van der Waals surface area contributed by atoms with Gasteiger partial charge in [0.05, 0.1) is 17.5 Å². The molecule has 1 heterocycles. The number of amides is 2. The van der Waals surface area contributed by atoms with E-state index in [0.717, 1.165) is 0 Å². The smallest absolute Gasteiger partial charge is 0.435 e. The lowest BCUT2D eigenvalue weighted by atomic mass is 9.99. The highest BCUT2D eigenvalue weighted by atomic mass is 79.9. The standard InChI is InChI=1S/C23H27Br2N3O5S/c1-23(2,3)28(22(30)31)14-17(27-34(32,33)20-11-16(24)9-10-19(20)25)12-18(28)13-26-21(29)15-7-5-4-6-8-15/h4-11,17-18,27H,12-14H2,1-3H3,(H-,26,29,30,31)/p+1/t17-,18-,28?/m1/s1. The SMILES string of the molecule is CC(C)(C)[N+]1(C(=O)O)C[C@H](NS(=O)(=O)c2cc(Br)ccc2Br)C[C@@H]1CNC(=O)c1ccccc1. The summed E-state index contributed by atoms with van der Waals surface area (Å²) in [5.41, 5.74) is -0.272. The summed E-state index contributed by atoms with van der Waals surface area (Å²) in [5.74, 6) is -0.305. The van der Waals surface area contributed by atoms with E-state index in [1.165, 1.54) is 6.07 Å². The molecule has 3 atom stereocenters. The molecule has 0 radical (unpaired) electrons. The van der Waals surface area contributed by atoms with Crippen molar-refractivity contribution in [3.05, 3.63) is 63.0 Å². The summed E-state index contributed by atoms with van der Waals surface area (Å²) in [5, 5.41) is 13.2. The molecule has 184 valence electrons. The number of carbonyl (C=O) groups excluding carboxylic acids is 1. The predicted octanol–water partition coefficient (Wildman–Crippen LogP) is 4.35. The lowest BCUT2D eigenvalue weighted by Gasteiger charge is -2.44. The van der Waals surface area contributed by atoms with Gasteiger partial charge in [-0.05, 0) is 67.0 Å². The number of hydrogen-bond acceptors (Lipinski definition) is 4. The number of quaternary nitrogens is 1. The normalized spacial score (nSPS) is 23.0. The van der Waals surface area contributed by atoms with Gasteiger partial charge in [0.15, 0.2) is 0 Å². The minimum Gasteiger partial charge on any atom is -0.435 e. The highest BCUT2D eigenvalue weighted by molar-refractivity contribution is 9.11. The van der Waals surface area contributed by atoms with Gasteiger partial charge in [-0.1, -0.05) is 34.1 Å². The van der Waals surface area contributed by atoms with E-state index in [0.29, 0.717) is 14.5 Å². The fourth-order valence-electron chi connectivity index (χ4n) is 4.62. The van der Waals surface area contributed by atoms with Gasteiger partial charge in [0, 0.05) is 20.9 Å². The second kappa shape index (κ2) is 10.1. The number of benzene rings is 2. The largest absolute Gasteiger partial charge is 0.514 e. The van der Waals surface area contributed by atoms with Crippen molar-refractivity contribution in [2.75, 3.05) is 13.1 Å². The first-order chi connectivity index (χ1) is 15.8.